The summed E-state index contributed by atoms with van der Waals surface area (Å²) in [6.07, 6.45) is 9.00. The fraction of sp³-hybridized carbons (Fsp3) is 0.233. The van der Waals surface area contributed by atoms with Crippen LogP contribution in [0.2, 0.25) is 0 Å². The van der Waals surface area contributed by atoms with Crippen molar-refractivity contribution >= 4 is 29.8 Å². The standard InChI is InChI=1S/C23H21NO3.C5H8O3.C2H6/c1-4-6-19-21(11-12-25)27-22-14-17(26-5-2)8-10-20(22)23(19)18-9-7-16(24)13-15(18)3;6-4-2-1-3-5(7)8;1-2/h4-14H,2,24H2,1,3H3;4H,1-3H2,(H,7,8);1-2H3/b6-4-,21-11+;;. The van der Waals surface area contributed by atoms with Gasteiger partial charge in [-0.15, -0.1) is 0 Å². The number of carbonyl (C=O) groups excluding carboxylic acids is 2. The minimum atomic E-state index is -0.841. The lowest BCUT2D eigenvalue weighted by Gasteiger charge is -2.26. The quantitative estimate of drug-likeness (QED) is 0.133. The second-order valence-electron chi connectivity index (χ2n) is 7.53. The predicted molar refractivity (Wildman–Crippen MR) is 147 cm³/mol. The number of unbranched alkanes of at least 4 members (excludes halogenated alkanes) is 1. The van der Waals surface area contributed by atoms with Gasteiger partial charge in [-0.1, -0.05) is 38.6 Å². The largest absolute Gasteiger partial charge is 0.481 e. The summed E-state index contributed by atoms with van der Waals surface area (Å²) < 4.78 is 11.4. The zero-order chi connectivity index (χ0) is 27.8. The minimum absolute atomic E-state index is 0.0960. The molecule has 0 bridgehead atoms. The molecule has 0 aliphatic carbocycles. The molecule has 3 N–H and O–H groups in total. The fourth-order valence-electron chi connectivity index (χ4n) is 3.52. The van der Waals surface area contributed by atoms with Crippen molar-refractivity contribution in [2.45, 2.75) is 47.0 Å². The monoisotopic (exact) mass is 505 g/mol. The minimum Gasteiger partial charge on any atom is -0.481 e. The average Bonchev–Trinajstić information content (AvgIpc) is 2.87. The summed E-state index contributed by atoms with van der Waals surface area (Å²) in [7, 11) is 0. The highest BCUT2D eigenvalue weighted by molar-refractivity contribution is 5.92. The molecule has 1 heterocycles. The lowest BCUT2D eigenvalue weighted by molar-refractivity contribution is -0.137. The molecule has 0 amide bonds. The van der Waals surface area contributed by atoms with E-state index in [0.29, 0.717) is 35.8 Å². The Morgan fingerprint density at radius 3 is 2.41 bits per heavy atom. The Bertz CT molecular complexity index is 1190. The van der Waals surface area contributed by atoms with Gasteiger partial charge in [-0.05, 0) is 55.7 Å². The van der Waals surface area contributed by atoms with Crippen LogP contribution in [0.1, 0.15) is 56.7 Å². The number of benzene rings is 2. The molecule has 0 fully saturated rings. The molecule has 0 radical (unpaired) electrons. The van der Waals surface area contributed by atoms with Crippen LogP contribution >= 0.6 is 0 Å². The summed E-state index contributed by atoms with van der Waals surface area (Å²) in [6, 6.07) is 11.4. The van der Waals surface area contributed by atoms with Gasteiger partial charge in [-0.2, -0.15) is 0 Å². The number of nitrogen functional groups attached to an aromatic ring is 1. The normalized spacial score (nSPS) is 12.8. The van der Waals surface area contributed by atoms with Crippen LogP contribution in [0.15, 0.2) is 78.8 Å². The van der Waals surface area contributed by atoms with Crippen LogP contribution in [0.3, 0.4) is 0 Å². The van der Waals surface area contributed by atoms with E-state index in [1.807, 2.05) is 70.2 Å². The number of anilines is 1. The van der Waals surface area contributed by atoms with E-state index in [0.717, 1.165) is 40.4 Å². The molecule has 0 aromatic heterocycles. The van der Waals surface area contributed by atoms with E-state index in [1.165, 1.54) is 12.3 Å². The zero-order valence-corrected chi connectivity index (χ0v) is 21.8. The van der Waals surface area contributed by atoms with Crippen LogP contribution in [-0.2, 0) is 14.4 Å². The highest BCUT2D eigenvalue weighted by Crippen LogP contribution is 2.44. The molecule has 2 aromatic rings. The second-order valence-corrected chi connectivity index (χ2v) is 7.53. The molecular formula is C30H35NO6. The fourth-order valence-corrected chi connectivity index (χ4v) is 3.52. The molecule has 0 saturated heterocycles. The summed E-state index contributed by atoms with van der Waals surface area (Å²) >= 11 is 0. The summed E-state index contributed by atoms with van der Waals surface area (Å²) in [5.74, 6) is 0.864. The molecule has 2 aromatic carbocycles. The van der Waals surface area contributed by atoms with Crippen LogP contribution in [0, 0.1) is 6.92 Å². The molecule has 3 rings (SSSR count). The second kappa shape index (κ2) is 16.3. The molecule has 1 aliphatic rings. The molecular weight excluding hydrogens is 470 g/mol. The number of aliphatic carboxylic acids is 1. The van der Waals surface area contributed by atoms with E-state index in [9.17, 15) is 14.4 Å². The lowest BCUT2D eigenvalue weighted by atomic mass is 9.87. The Morgan fingerprint density at radius 1 is 1.14 bits per heavy atom. The third kappa shape index (κ3) is 8.96. The predicted octanol–water partition coefficient (Wildman–Crippen LogP) is 6.42. The molecule has 0 atom stereocenters. The number of hydrogen-bond acceptors (Lipinski definition) is 6. The van der Waals surface area contributed by atoms with E-state index < -0.39 is 5.97 Å². The van der Waals surface area contributed by atoms with Gasteiger partial charge in [0, 0.05) is 47.4 Å². The lowest BCUT2D eigenvalue weighted by Crippen LogP contribution is -2.11. The van der Waals surface area contributed by atoms with Crippen molar-refractivity contribution in [2.24, 2.45) is 0 Å². The summed E-state index contributed by atoms with van der Waals surface area (Å²) in [6.45, 7) is 11.5. The Kier molecular flexibility index (Phi) is 13.5. The van der Waals surface area contributed by atoms with E-state index in [1.54, 1.807) is 6.07 Å². The van der Waals surface area contributed by atoms with Gasteiger partial charge >= 0.3 is 5.97 Å². The molecule has 0 unspecified atom stereocenters. The molecule has 196 valence electrons. The third-order valence-electron chi connectivity index (χ3n) is 4.98. The maximum absolute atomic E-state index is 11.2. The maximum Gasteiger partial charge on any atom is 0.303 e. The van der Waals surface area contributed by atoms with Gasteiger partial charge in [0.2, 0.25) is 0 Å². The Balaban J connectivity index is 0.000000586. The Morgan fingerprint density at radius 2 is 1.84 bits per heavy atom. The van der Waals surface area contributed by atoms with Crippen molar-refractivity contribution in [1.29, 1.82) is 0 Å². The van der Waals surface area contributed by atoms with Crippen molar-refractivity contribution in [3.63, 3.8) is 0 Å². The summed E-state index contributed by atoms with van der Waals surface area (Å²) in [4.78, 5) is 30.6. The number of ether oxygens (including phenoxy) is 2. The average molecular weight is 506 g/mol. The molecule has 37 heavy (non-hydrogen) atoms. The number of allylic oxidation sites excluding steroid dienone is 3. The van der Waals surface area contributed by atoms with Crippen LogP contribution in [0.5, 0.6) is 11.5 Å². The van der Waals surface area contributed by atoms with Gasteiger partial charge in [-0.25, -0.2) is 0 Å². The maximum atomic E-state index is 11.2. The van der Waals surface area contributed by atoms with Crippen molar-refractivity contribution in [2.75, 3.05) is 5.73 Å². The number of fused-ring (bicyclic) bond motifs is 1. The van der Waals surface area contributed by atoms with Crippen LogP contribution in [0.25, 0.3) is 5.57 Å². The highest BCUT2D eigenvalue weighted by atomic mass is 16.5. The number of carbonyl (C=O) groups is 3. The highest BCUT2D eigenvalue weighted by Gasteiger charge is 2.25. The van der Waals surface area contributed by atoms with E-state index in [4.69, 9.17) is 20.3 Å². The number of hydrogen-bond donors (Lipinski definition) is 2. The van der Waals surface area contributed by atoms with Gasteiger partial charge in [0.25, 0.3) is 0 Å². The topological polar surface area (TPSA) is 116 Å². The molecule has 0 spiro atoms. The molecule has 0 saturated carbocycles. The number of nitrogens with two attached hydrogens (primary N) is 1. The molecule has 7 heteroatoms. The van der Waals surface area contributed by atoms with Gasteiger partial charge < -0.3 is 25.1 Å². The van der Waals surface area contributed by atoms with Crippen LogP contribution in [0.4, 0.5) is 5.69 Å². The van der Waals surface area contributed by atoms with Gasteiger partial charge in [0.05, 0.1) is 6.26 Å². The first-order chi connectivity index (χ1) is 17.9. The number of carboxylic acid groups (broad SMARTS) is 1. The molecule has 7 nitrogen and oxygen atoms in total. The molecule has 1 aliphatic heterocycles. The first-order valence-corrected chi connectivity index (χ1v) is 12.0. The number of aldehydes is 2. The van der Waals surface area contributed by atoms with Crippen molar-refractivity contribution in [3.8, 4) is 11.5 Å². The first kappa shape index (κ1) is 30.6. The van der Waals surface area contributed by atoms with Crippen LogP contribution in [-0.4, -0.2) is 23.6 Å². The number of carboxylic acids is 1. The smallest absolute Gasteiger partial charge is 0.303 e. The van der Waals surface area contributed by atoms with Crippen LogP contribution < -0.4 is 15.2 Å². The van der Waals surface area contributed by atoms with Crippen molar-refractivity contribution < 1.29 is 29.0 Å². The number of rotatable bonds is 9. The van der Waals surface area contributed by atoms with Gasteiger partial charge in [-0.3, -0.25) is 9.59 Å². The van der Waals surface area contributed by atoms with Gasteiger partial charge in [0.1, 0.15) is 29.8 Å². The van der Waals surface area contributed by atoms with E-state index in [-0.39, 0.29) is 6.42 Å². The SMILES string of the molecule is C=COc1ccc2c(c1)O/C(=C/C=O)C(/C=C\C)=C2c1ccc(N)cc1C.CC.O=CCCCC(=O)O. The van der Waals surface area contributed by atoms with Crippen molar-refractivity contribution in [1.82, 2.24) is 0 Å². The third-order valence-corrected chi connectivity index (χ3v) is 4.98. The Labute approximate surface area is 218 Å². The summed E-state index contributed by atoms with van der Waals surface area (Å²) in [5.41, 5.74) is 11.4. The number of aryl methyl sites for hydroxylation is 1. The van der Waals surface area contributed by atoms with E-state index in [2.05, 4.69) is 6.58 Å². The van der Waals surface area contributed by atoms with Gasteiger partial charge in [0.15, 0.2) is 0 Å². The van der Waals surface area contributed by atoms with Crippen molar-refractivity contribution in [3.05, 3.63) is 95.5 Å². The van der Waals surface area contributed by atoms with E-state index >= 15 is 0 Å². The summed E-state index contributed by atoms with van der Waals surface area (Å²) in [5, 5.41) is 8.02. The first-order valence-electron chi connectivity index (χ1n) is 12.0. The zero-order valence-electron chi connectivity index (χ0n) is 21.8. The Hall–Kier alpha value is -4.39.